The summed E-state index contributed by atoms with van der Waals surface area (Å²) in [5, 5.41) is 0. The summed E-state index contributed by atoms with van der Waals surface area (Å²) >= 11 is 1.81. The van der Waals surface area contributed by atoms with Crippen LogP contribution in [0.5, 0.6) is 0 Å². The zero-order valence-corrected chi connectivity index (χ0v) is 15.7. The maximum atomic E-state index is 6.18. The third-order valence-corrected chi connectivity index (χ3v) is 4.62. The smallest absolute Gasteiger partial charge is 0.109 e. The summed E-state index contributed by atoms with van der Waals surface area (Å²) in [6.07, 6.45) is 5.69. The molecule has 0 unspecified atom stereocenters. The summed E-state index contributed by atoms with van der Waals surface area (Å²) in [5.41, 5.74) is 2.44. The van der Waals surface area contributed by atoms with Gasteiger partial charge in [-0.05, 0) is 44.4 Å². The molecule has 23 heavy (non-hydrogen) atoms. The van der Waals surface area contributed by atoms with Gasteiger partial charge in [0, 0.05) is 5.75 Å². The molecule has 1 rings (SSSR count). The van der Waals surface area contributed by atoms with E-state index < -0.39 is 0 Å². The van der Waals surface area contributed by atoms with Gasteiger partial charge in [-0.25, -0.2) is 0 Å². The van der Waals surface area contributed by atoms with Crippen LogP contribution in [0.3, 0.4) is 0 Å². The third-order valence-electron chi connectivity index (χ3n) is 3.68. The van der Waals surface area contributed by atoms with Crippen LogP contribution in [-0.2, 0) is 21.5 Å². The Labute approximate surface area is 146 Å². The van der Waals surface area contributed by atoms with E-state index in [0.29, 0.717) is 0 Å². The van der Waals surface area contributed by atoms with Crippen LogP contribution in [0.2, 0.25) is 0 Å². The highest BCUT2D eigenvalue weighted by molar-refractivity contribution is 7.99. The Morgan fingerprint density at radius 2 is 2.04 bits per heavy atom. The molecule has 0 aliphatic heterocycles. The predicted octanol–water partition coefficient (Wildman–Crippen LogP) is 5.69. The zero-order chi connectivity index (χ0) is 17.1. The first kappa shape index (κ1) is 19.9. The summed E-state index contributed by atoms with van der Waals surface area (Å²) < 4.78 is 11.5. The molecule has 0 amide bonds. The van der Waals surface area contributed by atoms with Crippen molar-refractivity contribution in [2.75, 3.05) is 18.1 Å². The molecule has 3 heteroatoms. The second-order valence-electron chi connectivity index (χ2n) is 5.86. The van der Waals surface area contributed by atoms with E-state index in [1.54, 1.807) is 0 Å². The van der Waals surface area contributed by atoms with Crippen LogP contribution in [0.25, 0.3) is 0 Å². The number of rotatable bonds is 11. The predicted molar refractivity (Wildman–Crippen MR) is 102 cm³/mol. The van der Waals surface area contributed by atoms with Crippen molar-refractivity contribution in [3.63, 3.8) is 0 Å². The van der Waals surface area contributed by atoms with Crippen molar-refractivity contribution in [3.8, 4) is 0 Å². The molecule has 2 nitrogen and oxygen atoms in total. The molecule has 1 aromatic carbocycles. The lowest BCUT2D eigenvalue weighted by molar-refractivity contribution is -0.0130. The lowest BCUT2D eigenvalue weighted by Gasteiger charge is -2.28. The van der Waals surface area contributed by atoms with Crippen molar-refractivity contribution >= 4 is 11.8 Å². The van der Waals surface area contributed by atoms with Gasteiger partial charge >= 0.3 is 0 Å². The Morgan fingerprint density at radius 3 is 2.70 bits per heavy atom. The molecule has 0 saturated heterocycles. The van der Waals surface area contributed by atoms with Crippen LogP contribution in [0.1, 0.15) is 45.2 Å². The van der Waals surface area contributed by atoms with E-state index in [-0.39, 0.29) is 5.60 Å². The van der Waals surface area contributed by atoms with Crippen LogP contribution >= 0.6 is 11.8 Å². The molecule has 1 aromatic rings. The second kappa shape index (κ2) is 10.6. The Bertz CT molecular complexity index is 506. The van der Waals surface area contributed by atoms with Crippen LogP contribution in [0.4, 0.5) is 0 Å². The maximum absolute atomic E-state index is 6.18. The van der Waals surface area contributed by atoms with Gasteiger partial charge in [0.1, 0.15) is 5.76 Å². The number of thioether (sulfide) groups is 1. The highest BCUT2D eigenvalue weighted by Crippen LogP contribution is 2.29. The summed E-state index contributed by atoms with van der Waals surface area (Å²) in [6.45, 7) is 12.8. The fourth-order valence-corrected chi connectivity index (χ4v) is 3.28. The van der Waals surface area contributed by atoms with Crippen molar-refractivity contribution in [1.82, 2.24) is 0 Å². The van der Waals surface area contributed by atoms with E-state index >= 15 is 0 Å². The molecule has 0 aromatic heterocycles. The first-order chi connectivity index (χ1) is 11.0. The van der Waals surface area contributed by atoms with Crippen molar-refractivity contribution in [3.05, 3.63) is 60.1 Å². The Morgan fingerprint density at radius 1 is 1.30 bits per heavy atom. The third kappa shape index (κ3) is 6.84. The van der Waals surface area contributed by atoms with Crippen LogP contribution in [0, 0.1) is 0 Å². The zero-order valence-electron chi connectivity index (χ0n) is 14.9. The second-order valence-corrected chi connectivity index (χ2v) is 6.96. The first-order valence-corrected chi connectivity index (χ1v) is 9.43. The van der Waals surface area contributed by atoms with Gasteiger partial charge in [-0.2, -0.15) is 11.8 Å². The van der Waals surface area contributed by atoms with E-state index in [1.807, 2.05) is 24.8 Å². The molecule has 0 spiro atoms. The van der Waals surface area contributed by atoms with Gasteiger partial charge in [0.05, 0.1) is 24.2 Å². The Balaban J connectivity index is 2.48. The van der Waals surface area contributed by atoms with Crippen molar-refractivity contribution in [1.29, 1.82) is 0 Å². The van der Waals surface area contributed by atoms with E-state index in [4.69, 9.17) is 9.47 Å². The van der Waals surface area contributed by atoms with Crippen molar-refractivity contribution < 1.29 is 9.47 Å². The van der Waals surface area contributed by atoms with E-state index in [2.05, 4.69) is 51.6 Å². The number of hydrogen-bond acceptors (Lipinski definition) is 3. The van der Waals surface area contributed by atoms with E-state index in [9.17, 15) is 0 Å². The maximum Gasteiger partial charge on any atom is 0.109 e. The number of aryl methyl sites for hydroxylation is 1. The molecule has 0 fully saturated rings. The van der Waals surface area contributed by atoms with Gasteiger partial charge in [0.15, 0.2) is 0 Å². The fraction of sp³-hybridized carbons (Fsp3) is 0.500. The first-order valence-electron chi connectivity index (χ1n) is 8.28. The molecule has 0 saturated carbocycles. The minimum Gasteiger partial charge on any atom is -0.469 e. The Kier molecular flexibility index (Phi) is 9.12. The van der Waals surface area contributed by atoms with Gasteiger partial charge in [-0.1, -0.05) is 44.2 Å². The quantitative estimate of drug-likeness (QED) is 0.383. The number of ether oxygens (including phenoxy) is 2. The summed E-state index contributed by atoms with van der Waals surface area (Å²) in [4.78, 5) is 0. The van der Waals surface area contributed by atoms with Gasteiger partial charge in [0.2, 0.25) is 0 Å². The lowest BCUT2D eigenvalue weighted by atomic mass is 9.91. The largest absolute Gasteiger partial charge is 0.469 e. The molecule has 128 valence electrons. The average Bonchev–Trinajstić information content (AvgIpc) is 2.54. The van der Waals surface area contributed by atoms with Crippen molar-refractivity contribution in [2.24, 2.45) is 0 Å². The molecule has 0 aliphatic carbocycles. The minimum atomic E-state index is -0.257. The molecular formula is C20H30O2S. The minimum absolute atomic E-state index is 0.257. The fourth-order valence-electron chi connectivity index (χ4n) is 2.49. The molecule has 0 heterocycles. The van der Waals surface area contributed by atoms with Crippen LogP contribution in [-0.4, -0.2) is 18.1 Å². The summed E-state index contributed by atoms with van der Waals surface area (Å²) in [6, 6.07) is 8.61. The van der Waals surface area contributed by atoms with Gasteiger partial charge in [0.25, 0.3) is 0 Å². The summed E-state index contributed by atoms with van der Waals surface area (Å²) in [5.74, 6) is 2.73. The lowest BCUT2D eigenvalue weighted by Crippen LogP contribution is -2.24. The number of allylic oxidation sites excluding steroid dienone is 1. The molecule has 0 radical (unpaired) electrons. The molecule has 0 N–H and O–H groups in total. The molecule has 0 atom stereocenters. The average molecular weight is 335 g/mol. The van der Waals surface area contributed by atoms with Crippen LogP contribution in [0.15, 0.2) is 48.9 Å². The van der Waals surface area contributed by atoms with Gasteiger partial charge in [-0.3, -0.25) is 0 Å². The highest BCUT2D eigenvalue weighted by atomic mass is 32.2. The Hall–Kier alpha value is -1.19. The molecular weight excluding hydrogens is 304 g/mol. The van der Waals surface area contributed by atoms with Gasteiger partial charge in [-0.15, -0.1) is 0 Å². The standard InChI is InChI=1S/C20H30O2S/c1-6-11-17-12-9-10-13-19(17)20(4,5)22-14-15-23-16-18(7-2)21-8-3/h7-10,12-13H,3,6,11,14-16H2,1-2,4-5H3/b18-7-. The number of benzene rings is 1. The van der Waals surface area contributed by atoms with Gasteiger partial charge < -0.3 is 9.47 Å². The monoisotopic (exact) mass is 334 g/mol. The molecule has 0 aliphatic rings. The van der Waals surface area contributed by atoms with Crippen molar-refractivity contribution in [2.45, 2.75) is 46.1 Å². The molecule has 0 bridgehead atoms. The summed E-state index contributed by atoms with van der Waals surface area (Å²) in [7, 11) is 0. The number of hydrogen-bond donors (Lipinski definition) is 0. The SMILES string of the molecule is C=CO/C(=C\C)CSCCOC(C)(C)c1ccccc1CCC. The van der Waals surface area contributed by atoms with E-state index in [0.717, 1.165) is 36.7 Å². The van der Waals surface area contributed by atoms with E-state index in [1.165, 1.54) is 17.4 Å². The highest BCUT2D eigenvalue weighted by Gasteiger charge is 2.23. The normalized spacial score (nSPS) is 12.3. The van der Waals surface area contributed by atoms with Crippen LogP contribution < -0.4 is 0 Å². The topological polar surface area (TPSA) is 18.5 Å².